The van der Waals surface area contributed by atoms with Crippen molar-refractivity contribution in [3.8, 4) is 0 Å². The van der Waals surface area contributed by atoms with Crippen LogP contribution in [0.4, 0.5) is 0 Å². The van der Waals surface area contributed by atoms with Crippen LogP contribution in [-0.4, -0.2) is 34.0 Å². The van der Waals surface area contributed by atoms with Crippen LogP contribution in [0.5, 0.6) is 0 Å². The third kappa shape index (κ3) is 8.66. The maximum Gasteiger partial charge on any atom is 0.296 e. The van der Waals surface area contributed by atoms with Gasteiger partial charge < -0.3 is 9.47 Å². The normalized spacial score (nSPS) is 21.9. The Hall–Kier alpha value is -0.950. The molecule has 0 radical (unpaired) electrons. The summed E-state index contributed by atoms with van der Waals surface area (Å²) in [5.74, 6) is 0.0347. The molecule has 3 atom stereocenters. The van der Waals surface area contributed by atoms with E-state index in [0.717, 1.165) is 24.8 Å². The van der Waals surface area contributed by atoms with Gasteiger partial charge in [0, 0.05) is 18.9 Å². The third-order valence-electron chi connectivity index (χ3n) is 5.74. The van der Waals surface area contributed by atoms with Crippen molar-refractivity contribution in [3.63, 3.8) is 0 Å². The molecule has 0 spiro atoms. The fraction of sp³-hybridized carbons (Fsp3) is 0.750. The summed E-state index contributed by atoms with van der Waals surface area (Å²) in [6.45, 7) is 7.16. The summed E-state index contributed by atoms with van der Waals surface area (Å²) in [4.78, 5) is 0.204. The zero-order chi connectivity index (χ0) is 21.8. The number of unbranched alkanes of at least 4 members (excludes halogenated alkanes) is 6. The summed E-state index contributed by atoms with van der Waals surface area (Å²) in [6, 6.07) is 6.77. The molecule has 1 aromatic carbocycles. The fourth-order valence-corrected chi connectivity index (χ4v) is 4.77. The zero-order valence-corrected chi connectivity index (χ0v) is 19.8. The van der Waals surface area contributed by atoms with Gasteiger partial charge in [-0.05, 0) is 31.9 Å². The first kappa shape index (κ1) is 25.3. The van der Waals surface area contributed by atoms with Crippen molar-refractivity contribution in [1.82, 2.24) is 0 Å². The standard InChI is InChI=1S/C24H40O5S/c1-4-6-8-10-12-23-21(18-24(29-23)27-17-11-9-7-5-2)19-28-30(25,26)22-15-13-20(3)14-16-22/h13-16,21,23-24H,4-12,17-19H2,1-3H3. The van der Waals surface area contributed by atoms with Crippen LogP contribution in [0.3, 0.4) is 0 Å². The van der Waals surface area contributed by atoms with E-state index in [9.17, 15) is 8.42 Å². The molecule has 0 aliphatic carbocycles. The molecule has 2 rings (SSSR count). The van der Waals surface area contributed by atoms with Gasteiger partial charge in [-0.25, -0.2) is 0 Å². The first-order valence-corrected chi connectivity index (χ1v) is 13.1. The highest BCUT2D eigenvalue weighted by Crippen LogP contribution is 2.32. The van der Waals surface area contributed by atoms with E-state index in [1.54, 1.807) is 24.3 Å². The number of benzene rings is 1. The van der Waals surface area contributed by atoms with E-state index < -0.39 is 10.1 Å². The lowest BCUT2D eigenvalue weighted by Crippen LogP contribution is -2.23. The summed E-state index contributed by atoms with van der Waals surface area (Å²) in [5.41, 5.74) is 1.02. The number of rotatable bonds is 15. The molecule has 5 nitrogen and oxygen atoms in total. The smallest absolute Gasteiger partial charge is 0.296 e. The molecular formula is C24H40O5S. The quantitative estimate of drug-likeness (QED) is 0.247. The summed E-state index contributed by atoms with van der Waals surface area (Å²) in [5, 5.41) is 0. The van der Waals surface area contributed by atoms with Gasteiger partial charge in [0.1, 0.15) is 0 Å². The van der Waals surface area contributed by atoms with Crippen LogP contribution in [0.25, 0.3) is 0 Å². The second kappa shape index (κ2) is 13.5. The minimum Gasteiger partial charge on any atom is -0.353 e. The monoisotopic (exact) mass is 440 g/mol. The molecule has 1 saturated heterocycles. The Balaban J connectivity index is 1.88. The van der Waals surface area contributed by atoms with Crippen molar-refractivity contribution >= 4 is 10.1 Å². The van der Waals surface area contributed by atoms with Crippen molar-refractivity contribution < 1.29 is 22.1 Å². The summed E-state index contributed by atoms with van der Waals surface area (Å²) in [6.07, 6.45) is 10.7. The summed E-state index contributed by atoms with van der Waals surface area (Å²) in [7, 11) is -3.76. The number of ether oxygens (including phenoxy) is 2. The van der Waals surface area contributed by atoms with E-state index >= 15 is 0 Å². The van der Waals surface area contributed by atoms with Gasteiger partial charge >= 0.3 is 0 Å². The maximum atomic E-state index is 12.6. The van der Waals surface area contributed by atoms with Crippen molar-refractivity contribution in [1.29, 1.82) is 0 Å². The molecule has 172 valence electrons. The lowest BCUT2D eigenvalue weighted by molar-refractivity contribution is -0.136. The van der Waals surface area contributed by atoms with Gasteiger partial charge in [0.2, 0.25) is 0 Å². The molecule has 6 heteroatoms. The average molecular weight is 441 g/mol. The predicted octanol–water partition coefficient (Wildman–Crippen LogP) is 6.00. The molecule has 0 saturated carbocycles. The molecule has 0 N–H and O–H groups in total. The van der Waals surface area contributed by atoms with Crippen molar-refractivity contribution in [3.05, 3.63) is 29.8 Å². The first-order valence-electron chi connectivity index (χ1n) is 11.7. The number of aryl methyl sites for hydroxylation is 1. The van der Waals surface area contributed by atoms with E-state index in [2.05, 4.69) is 13.8 Å². The molecule has 0 aromatic heterocycles. The summed E-state index contributed by atoms with van der Waals surface area (Å²) < 4.78 is 42.7. The van der Waals surface area contributed by atoms with E-state index in [4.69, 9.17) is 13.7 Å². The van der Waals surface area contributed by atoms with E-state index in [1.165, 1.54) is 38.5 Å². The first-order chi connectivity index (χ1) is 14.5. The maximum absolute atomic E-state index is 12.6. The number of hydrogen-bond donors (Lipinski definition) is 0. The Morgan fingerprint density at radius 3 is 2.30 bits per heavy atom. The predicted molar refractivity (Wildman–Crippen MR) is 120 cm³/mol. The molecule has 1 aliphatic heterocycles. The van der Waals surface area contributed by atoms with Crippen LogP contribution in [0.15, 0.2) is 29.2 Å². The molecule has 3 unspecified atom stereocenters. The minimum atomic E-state index is -3.76. The third-order valence-corrected chi connectivity index (χ3v) is 7.03. The topological polar surface area (TPSA) is 61.8 Å². The molecule has 1 aromatic rings. The highest BCUT2D eigenvalue weighted by Gasteiger charge is 2.36. The van der Waals surface area contributed by atoms with Crippen LogP contribution < -0.4 is 0 Å². The van der Waals surface area contributed by atoms with Crippen molar-refractivity contribution in [2.24, 2.45) is 5.92 Å². The average Bonchev–Trinajstić information content (AvgIpc) is 3.12. The minimum absolute atomic E-state index is 0.00397. The molecular weight excluding hydrogens is 400 g/mol. The second-order valence-corrected chi connectivity index (χ2v) is 10.0. The lowest BCUT2D eigenvalue weighted by Gasteiger charge is -2.18. The Kier molecular flexibility index (Phi) is 11.4. The zero-order valence-electron chi connectivity index (χ0n) is 19.0. The molecule has 1 aliphatic rings. The van der Waals surface area contributed by atoms with Crippen LogP contribution >= 0.6 is 0 Å². The molecule has 0 amide bonds. The Labute approximate surface area is 183 Å². The van der Waals surface area contributed by atoms with Gasteiger partial charge in [-0.15, -0.1) is 0 Å². The van der Waals surface area contributed by atoms with Crippen LogP contribution in [0.2, 0.25) is 0 Å². The van der Waals surface area contributed by atoms with E-state index in [-0.39, 0.29) is 29.8 Å². The lowest BCUT2D eigenvalue weighted by atomic mass is 9.97. The highest BCUT2D eigenvalue weighted by atomic mass is 32.2. The molecule has 30 heavy (non-hydrogen) atoms. The molecule has 0 bridgehead atoms. The van der Waals surface area contributed by atoms with Gasteiger partial charge in [-0.2, -0.15) is 8.42 Å². The van der Waals surface area contributed by atoms with Crippen LogP contribution in [-0.2, 0) is 23.8 Å². The van der Waals surface area contributed by atoms with Gasteiger partial charge in [-0.3, -0.25) is 4.18 Å². The van der Waals surface area contributed by atoms with Gasteiger partial charge in [0.05, 0.1) is 17.6 Å². The Morgan fingerprint density at radius 2 is 1.63 bits per heavy atom. The van der Waals surface area contributed by atoms with Crippen molar-refractivity contribution in [2.75, 3.05) is 13.2 Å². The van der Waals surface area contributed by atoms with E-state index in [0.29, 0.717) is 13.0 Å². The highest BCUT2D eigenvalue weighted by molar-refractivity contribution is 7.86. The number of hydrogen-bond acceptors (Lipinski definition) is 5. The Morgan fingerprint density at radius 1 is 0.967 bits per heavy atom. The van der Waals surface area contributed by atoms with Gasteiger partial charge in [-0.1, -0.05) is 76.5 Å². The SMILES string of the molecule is CCCCCCOC1CC(COS(=O)(=O)c2ccc(C)cc2)C(CCCCCC)O1. The van der Waals surface area contributed by atoms with Gasteiger partial charge in [0.15, 0.2) is 6.29 Å². The fourth-order valence-electron chi connectivity index (χ4n) is 3.81. The Bertz CT molecular complexity index is 686. The van der Waals surface area contributed by atoms with E-state index in [1.807, 2.05) is 6.92 Å². The summed E-state index contributed by atoms with van der Waals surface area (Å²) >= 11 is 0. The van der Waals surface area contributed by atoms with Crippen LogP contribution in [0.1, 0.15) is 83.6 Å². The second-order valence-electron chi connectivity index (χ2n) is 8.43. The van der Waals surface area contributed by atoms with Gasteiger partial charge in [0.25, 0.3) is 10.1 Å². The molecule has 1 heterocycles. The van der Waals surface area contributed by atoms with Crippen molar-refractivity contribution in [2.45, 2.75) is 102 Å². The molecule has 1 fully saturated rings. The largest absolute Gasteiger partial charge is 0.353 e. The van der Waals surface area contributed by atoms with Crippen LogP contribution in [0, 0.1) is 12.8 Å².